The quantitative estimate of drug-likeness (QED) is 0.876. The lowest BCUT2D eigenvalue weighted by atomic mass is 9.93. The van der Waals surface area contributed by atoms with Gasteiger partial charge < -0.3 is 10.2 Å². The number of piperidine rings is 1. The van der Waals surface area contributed by atoms with Gasteiger partial charge in [0.05, 0.1) is 5.69 Å². The number of para-hydroxylation sites is 1. The van der Waals surface area contributed by atoms with Crippen LogP contribution in [0.4, 0.5) is 0 Å². The Labute approximate surface area is 149 Å². The average molecular weight is 341 g/mol. The lowest BCUT2D eigenvalue weighted by Crippen LogP contribution is -2.39. The number of hydrogen-bond donors (Lipinski definition) is 1. The Morgan fingerprint density at radius 1 is 1.24 bits per heavy atom. The highest BCUT2D eigenvalue weighted by Gasteiger charge is 2.26. The minimum atomic E-state index is -0.0450. The third-order valence-corrected chi connectivity index (χ3v) is 4.89. The Morgan fingerprint density at radius 2 is 1.96 bits per heavy atom. The highest BCUT2D eigenvalue weighted by atomic mass is 16.2. The van der Waals surface area contributed by atoms with Crippen LogP contribution in [0.15, 0.2) is 30.3 Å². The summed E-state index contributed by atoms with van der Waals surface area (Å²) in [6.07, 6.45) is 4.04. The van der Waals surface area contributed by atoms with Crippen LogP contribution in [0, 0.1) is 5.92 Å². The summed E-state index contributed by atoms with van der Waals surface area (Å²) in [4.78, 5) is 19.2. The van der Waals surface area contributed by atoms with Crippen LogP contribution in [-0.4, -0.2) is 52.3 Å². The molecule has 0 atom stereocenters. The molecule has 134 valence electrons. The molecule has 1 saturated heterocycles. The average Bonchev–Trinajstić information content (AvgIpc) is 3.11. The molecule has 3 rings (SSSR count). The van der Waals surface area contributed by atoms with Gasteiger partial charge in [-0.1, -0.05) is 25.1 Å². The van der Waals surface area contributed by atoms with Crippen molar-refractivity contribution in [2.75, 3.05) is 26.7 Å². The van der Waals surface area contributed by atoms with Crippen molar-refractivity contribution in [3.8, 4) is 5.69 Å². The second kappa shape index (κ2) is 8.25. The molecule has 1 aromatic carbocycles. The molecule has 0 aliphatic carbocycles. The normalized spacial score (nSPS) is 15.5. The number of carbonyl (C=O) groups excluding carboxylic acids is 1. The predicted molar refractivity (Wildman–Crippen MR) is 97.9 cm³/mol. The summed E-state index contributed by atoms with van der Waals surface area (Å²) >= 11 is 0. The minimum absolute atomic E-state index is 0.0450. The first kappa shape index (κ1) is 17.6. The molecule has 0 spiro atoms. The van der Waals surface area contributed by atoms with Gasteiger partial charge in [-0.3, -0.25) is 4.79 Å². The summed E-state index contributed by atoms with van der Waals surface area (Å²) in [7, 11) is 1.98. The summed E-state index contributed by atoms with van der Waals surface area (Å²) in [5.74, 6) is 1.79. The molecule has 0 saturated carbocycles. The minimum Gasteiger partial charge on any atom is -0.336 e. The van der Waals surface area contributed by atoms with Crippen molar-refractivity contribution in [1.29, 1.82) is 0 Å². The molecule has 2 aromatic rings. The molecule has 25 heavy (non-hydrogen) atoms. The maximum absolute atomic E-state index is 12.8. The van der Waals surface area contributed by atoms with E-state index < -0.39 is 0 Å². The summed E-state index contributed by atoms with van der Waals surface area (Å²) < 4.78 is 1.78. The Bertz CT molecular complexity index is 689. The van der Waals surface area contributed by atoms with Crippen LogP contribution in [0.25, 0.3) is 5.69 Å². The first-order chi connectivity index (χ1) is 12.2. The van der Waals surface area contributed by atoms with Crippen LogP contribution in [0.1, 0.15) is 42.6 Å². The van der Waals surface area contributed by atoms with E-state index in [4.69, 9.17) is 0 Å². The Kier molecular flexibility index (Phi) is 5.81. The number of nitrogens with one attached hydrogen (secondary N) is 1. The van der Waals surface area contributed by atoms with Crippen molar-refractivity contribution in [1.82, 2.24) is 25.0 Å². The molecular weight excluding hydrogens is 314 g/mol. The fraction of sp³-hybridized carbons (Fsp3) is 0.526. The van der Waals surface area contributed by atoms with Crippen LogP contribution in [-0.2, 0) is 6.42 Å². The zero-order valence-corrected chi connectivity index (χ0v) is 15.1. The molecular formula is C19H27N5O. The van der Waals surface area contributed by atoms with E-state index >= 15 is 0 Å². The zero-order chi connectivity index (χ0) is 17.6. The topological polar surface area (TPSA) is 63.1 Å². The van der Waals surface area contributed by atoms with Gasteiger partial charge >= 0.3 is 0 Å². The first-order valence-electron chi connectivity index (χ1n) is 9.18. The van der Waals surface area contributed by atoms with Gasteiger partial charge in [0.25, 0.3) is 5.91 Å². The largest absolute Gasteiger partial charge is 0.336 e. The summed E-state index contributed by atoms with van der Waals surface area (Å²) in [5.41, 5.74) is 0.941. The Morgan fingerprint density at radius 3 is 2.60 bits per heavy atom. The van der Waals surface area contributed by atoms with E-state index in [0.717, 1.165) is 50.4 Å². The third kappa shape index (κ3) is 4.07. The molecule has 0 bridgehead atoms. The first-order valence-corrected chi connectivity index (χ1v) is 9.18. The molecule has 6 heteroatoms. The van der Waals surface area contributed by atoms with Crippen molar-refractivity contribution in [2.24, 2.45) is 5.92 Å². The van der Waals surface area contributed by atoms with Crippen molar-refractivity contribution < 1.29 is 4.79 Å². The molecule has 1 aromatic heterocycles. The summed E-state index contributed by atoms with van der Waals surface area (Å²) in [6.45, 7) is 4.68. The van der Waals surface area contributed by atoms with Gasteiger partial charge in [-0.15, -0.1) is 5.10 Å². The molecule has 1 amide bonds. The number of carbonyl (C=O) groups is 1. The monoisotopic (exact) mass is 341 g/mol. The van der Waals surface area contributed by atoms with Crippen LogP contribution in [0.5, 0.6) is 0 Å². The zero-order valence-electron chi connectivity index (χ0n) is 15.1. The van der Waals surface area contributed by atoms with Crippen molar-refractivity contribution >= 4 is 5.91 Å². The number of aromatic nitrogens is 3. The van der Waals surface area contributed by atoms with Crippen molar-refractivity contribution in [2.45, 2.75) is 32.6 Å². The van der Waals surface area contributed by atoms with E-state index in [1.165, 1.54) is 6.42 Å². The van der Waals surface area contributed by atoms with Gasteiger partial charge in [0.1, 0.15) is 5.82 Å². The van der Waals surface area contributed by atoms with Gasteiger partial charge in [-0.05, 0) is 50.9 Å². The molecule has 1 aliphatic rings. The van der Waals surface area contributed by atoms with E-state index in [2.05, 4.69) is 15.4 Å². The van der Waals surface area contributed by atoms with Gasteiger partial charge in [-0.25, -0.2) is 9.67 Å². The number of amides is 1. The Balaban J connectivity index is 1.70. The van der Waals surface area contributed by atoms with Crippen molar-refractivity contribution in [3.63, 3.8) is 0 Å². The van der Waals surface area contributed by atoms with Crippen LogP contribution >= 0.6 is 0 Å². The number of likely N-dealkylation sites (tertiary alicyclic amines) is 1. The molecule has 1 fully saturated rings. The maximum atomic E-state index is 12.8. The highest BCUT2D eigenvalue weighted by Crippen LogP contribution is 2.21. The fourth-order valence-electron chi connectivity index (χ4n) is 3.35. The predicted octanol–water partition coefficient (Wildman–Crippen LogP) is 2.29. The molecule has 1 N–H and O–H groups in total. The van der Waals surface area contributed by atoms with Gasteiger partial charge in [0, 0.05) is 19.5 Å². The van der Waals surface area contributed by atoms with Crippen molar-refractivity contribution in [3.05, 3.63) is 42.0 Å². The molecule has 0 radical (unpaired) electrons. The lowest BCUT2D eigenvalue weighted by Gasteiger charge is -2.31. The van der Waals surface area contributed by atoms with Gasteiger partial charge in [-0.2, -0.15) is 0 Å². The molecule has 1 aliphatic heterocycles. The summed E-state index contributed by atoms with van der Waals surface area (Å²) in [5, 5.41) is 7.70. The second-order valence-electron chi connectivity index (χ2n) is 6.58. The van der Waals surface area contributed by atoms with Crippen LogP contribution in [0.2, 0.25) is 0 Å². The van der Waals surface area contributed by atoms with Crippen LogP contribution < -0.4 is 5.32 Å². The van der Waals surface area contributed by atoms with E-state index in [0.29, 0.717) is 11.7 Å². The van der Waals surface area contributed by atoms with Crippen LogP contribution in [0.3, 0.4) is 0 Å². The number of hydrogen-bond acceptors (Lipinski definition) is 4. The summed E-state index contributed by atoms with van der Waals surface area (Å²) in [6, 6.07) is 9.86. The standard InChI is InChI=1S/C19H27N5O/c1-3-17-21-18(22-24(17)16-7-5-4-6-8-16)19(25)23-13-10-15(11-14-23)9-12-20-2/h4-8,15,20H,3,9-14H2,1-2H3. The number of rotatable bonds is 6. The van der Waals surface area contributed by atoms with Gasteiger partial charge in [0.15, 0.2) is 0 Å². The molecule has 2 heterocycles. The Hall–Kier alpha value is -2.21. The highest BCUT2D eigenvalue weighted by molar-refractivity contribution is 5.90. The third-order valence-electron chi connectivity index (χ3n) is 4.89. The van der Waals surface area contributed by atoms with E-state index in [1.807, 2.05) is 49.2 Å². The smallest absolute Gasteiger partial charge is 0.293 e. The van der Waals surface area contributed by atoms with E-state index in [1.54, 1.807) is 4.68 Å². The SMILES string of the molecule is CCc1nc(C(=O)N2CCC(CCNC)CC2)nn1-c1ccccc1. The van der Waals surface area contributed by atoms with Gasteiger partial charge in [0.2, 0.25) is 5.82 Å². The van der Waals surface area contributed by atoms with E-state index in [9.17, 15) is 4.79 Å². The second-order valence-corrected chi connectivity index (χ2v) is 6.58. The van der Waals surface area contributed by atoms with E-state index in [-0.39, 0.29) is 5.91 Å². The number of aryl methyl sites for hydroxylation is 1. The number of benzene rings is 1. The lowest BCUT2D eigenvalue weighted by molar-refractivity contribution is 0.0675. The molecule has 0 unspecified atom stereocenters. The maximum Gasteiger partial charge on any atom is 0.293 e. The fourth-order valence-corrected chi connectivity index (χ4v) is 3.35. The number of nitrogens with zero attached hydrogens (tertiary/aromatic N) is 4. The molecule has 6 nitrogen and oxygen atoms in total.